The monoisotopic (exact) mass is 252 g/mol. The number of aromatic nitrogens is 2. The van der Waals surface area contributed by atoms with E-state index in [9.17, 15) is 4.79 Å². The molecule has 0 aliphatic heterocycles. The normalized spacial score (nSPS) is 10.8. The second kappa shape index (κ2) is 4.24. The first-order chi connectivity index (χ1) is 9.15. The van der Waals surface area contributed by atoms with Crippen LogP contribution in [0.1, 0.15) is 15.9 Å². The molecule has 1 N–H and O–H groups in total. The fourth-order valence-electron chi connectivity index (χ4n) is 2.08. The maximum absolute atomic E-state index is 10.8. The van der Waals surface area contributed by atoms with E-state index in [0.29, 0.717) is 0 Å². The van der Waals surface area contributed by atoms with Crippen molar-refractivity contribution in [3.05, 3.63) is 59.9 Å². The number of carboxylic acid groups (broad SMARTS) is 1. The van der Waals surface area contributed by atoms with Gasteiger partial charge in [0.1, 0.15) is 5.65 Å². The number of hydrogen-bond donors (Lipinski definition) is 1. The molecule has 4 heteroatoms. The van der Waals surface area contributed by atoms with Gasteiger partial charge in [0.2, 0.25) is 0 Å². The van der Waals surface area contributed by atoms with Crippen molar-refractivity contribution < 1.29 is 9.90 Å². The summed E-state index contributed by atoms with van der Waals surface area (Å²) in [5, 5.41) is 8.88. The molecule has 0 amide bonds. The molecule has 0 aliphatic rings. The Bertz CT molecular complexity index is 757. The summed E-state index contributed by atoms with van der Waals surface area (Å²) in [4.78, 5) is 15.4. The minimum atomic E-state index is -0.919. The summed E-state index contributed by atoms with van der Waals surface area (Å²) >= 11 is 0. The first-order valence-electron chi connectivity index (χ1n) is 5.93. The van der Waals surface area contributed by atoms with Gasteiger partial charge in [-0.05, 0) is 30.7 Å². The predicted octanol–water partition coefficient (Wildman–Crippen LogP) is 3.01. The summed E-state index contributed by atoms with van der Waals surface area (Å²) < 4.78 is 1.97. The molecule has 0 aliphatic carbocycles. The minimum absolute atomic E-state index is 0.281. The number of fused-ring (bicyclic) bond motifs is 1. The van der Waals surface area contributed by atoms with Gasteiger partial charge in [0.15, 0.2) is 0 Å². The number of hydrogen-bond acceptors (Lipinski definition) is 2. The third kappa shape index (κ3) is 1.97. The Morgan fingerprint density at radius 1 is 1.21 bits per heavy atom. The van der Waals surface area contributed by atoms with Crippen LogP contribution in [0.5, 0.6) is 0 Å². The number of aryl methyl sites for hydroxylation is 1. The first-order valence-corrected chi connectivity index (χ1v) is 5.93. The molecule has 0 saturated carbocycles. The zero-order chi connectivity index (χ0) is 13.4. The van der Waals surface area contributed by atoms with Crippen molar-refractivity contribution in [1.82, 2.24) is 9.38 Å². The van der Waals surface area contributed by atoms with E-state index in [1.165, 1.54) is 0 Å². The number of carboxylic acids is 1. The highest BCUT2D eigenvalue weighted by Gasteiger charge is 2.07. The van der Waals surface area contributed by atoms with Crippen LogP contribution in [0.15, 0.2) is 48.8 Å². The first kappa shape index (κ1) is 11.5. The van der Waals surface area contributed by atoms with Crippen LogP contribution < -0.4 is 0 Å². The Morgan fingerprint density at radius 2 is 1.95 bits per heavy atom. The summed E-state index contributed by atoms with van der Waals surface area (Å²) in [6.45, 7) is 2.01. The van der Waals surface area contributed by atoms with Crippen molar-refractivity contribution >= 4 is 11.6 Å². The molecule has 0 atom stereocenters. The average Bonchev–Trinajstić information content (AvgIpc) is 2.84. The van der Waals surface area contributed by atoms with Crippen LogP contribution in [0.3, 0.4) is 0 Å². The van der Waals surface area contributed by atoms with Crippen LogP contribution in [0.2, 0.25) is 0 Å². The van der Waals surface area contributed by atoms with E-state index in [4.69, 9.17) is 5.11 Å². The molecule has 0 unspecified atom stereocenters. The van der Waals surface area contributed by atoms with E-state index in [1.807, 2.05) is 35.9 Å². The number of aromatic carboxylic acids is 1. The molecule has 0 fully saturated rings. The summed E-state index contributed by atoms with van der Waals surface area (Å²) in [6.07, 6.45) is 3.89. The number of nitrogens with zero attached hydrogens (tertiary/aromatic N) is 2. The lowest BCUT2D eigenvalue weighted by Gasteiger charge is -1.97. The molecule has 19 heavy (non-hydrogen) atoms. The zero-order valence-electron chi connectivity index (χ0n) is 10.4. The van der Waals surface area contributed by atoms with Crippen molar-refractivity contribution in [1.29, 1.82) is 0 Å². The molecule has 1 aromatic carbocycles. The Balaban J connectivity index is 2.09. The number of imidazole rings is 1. The van der Waals surface area contributed by atoms with E-state index in [1.54, 1.807) is 24.3 Å². The van der Waals surface area contributed by atoms with E-state index < -0.39 is 5.97 Å². The highest BCUT2D eigenvalue weighted by molar-refractivity contribution is 5.88. The van der Waals surface area contributed by atoms with Crippen molar-refractivity contribution in [2.45, 2.75) is 6.92 Å². The van der Waals surface area contributed by atoms with Crippen molar-refractivity contribution in [3.63, 3.8) is 0 Å². The van der Waals surface area contributed by atoms with E-state index in [0.717, 1.165) is 22.5 Å². The van der Waals surface area contributed by atoms with Gasteiger partial charge in [-0.3, -0.25) is 0 Å². The van der Waals surface area contributed by atoms with Crippen LogP contribution in [-0.2, 0) is 0 Å². The highest BCUT2D eigenvalue weighted by Crippen LogP contribution is 2.21. The van der Waals surface area contributed by atoms with Crippen LogP contribution in [0, 0.1) is 6.92 Å². The summed E-state index contributed by atoms with van der Waals surface area (Å²) in [6, 6.07) is 10.7. The fraction of sp³-hybridized carbons (Fsp3) is 0.0667. The summed E-state index contributed by atoms with van der Waals surface area (Å²) in [7, 11) is 0. The summed E-state index contributed by atoms with van der Waals surface area (Å²) in [5.74, 6) is -0.919. The maximum Gasteiger partial charge on any atom is 0.335 e. The molecule has 94 valence electrons. The molecule has 2 aromatic heterocycles. The standard InChI is InChI=1S/C15H12N2O2/c1-10-3-2-8-17-9-13(16-14(10)17)11-4-6-12(7-5-11)15(18)19/h2-9H,1H3,(H,18,19). The van der Waals surface area contributed by atoms with Gasteiger partial charge in [-0.1, -0.05) is 18.2 Å². The van der Waals surface area contributed by atoms with Crippen molar-refractivity contribution in [2.75, 3.05) is 0 Å². The van der Waals surface area contributed by atoms with Gasteiger partial charge in [0.25, 0.3) is 0 Å². The van der Waals surface area contributed by atoms with Crippen LogP contribution in [-0.4, -0.2) is 20.5 Å². The molecule has 3 rings (SSSR count). The van der Waals surface area contributed by atoms with E-state index in [2.05, 4.69) is 4.98 Å². The molecular formula is C15H12N2O2. The molecule has 0 radical (unpaired) electrons. The fourth-order valence-corrected chi connectivity index (χ4v) is 2.08. The van der Waals surface area contributed by atoms with Crippen LogP contribution >= 0.6 is 0 Å². The minimum Gasteiger partial charge on any atom is -0.478 e. The van der Waals surface area contributed by atoms with Crippen LogP contribution in [0.25, 0.3) is 16.9 Å². The van der Waals surface area contributed by atoms with Gasteiger partial charge in [0.05, 0.1) is 11.3 Å². The third-order valence-corrected chi connectivity index (χ3v) is 3.11. The topological polar surface area (TPSA) is 54.6 Å². The molecule has 3 aromatic rings. The highest BCUT2D eigenvalue weighted by atomic mass is 16.4. The lowest BCUT2D eigenvalue weighted by molar-refractivity contribution is 0.0697. The Morgan fingerprint density at radius 3 is 2.58 bits per heavy atom. The average molecular weight is 252 g/mol. The quantitative estimate of drug-likeness (QED) is 0.762. The Hall–Kier alpha value is -2.62. The Kier molecular flexibility index (Phi) is 2.56. The second-order valence-electron chi connectivity index (χ2n) is 4.43. The number of pyridine rings is 1. The van der Waals surface area contributed by atoms with Crippen molar-refractivity contribution in [2.24, 2.45) is 0 Å². The second-order valence-corrected chi connectivity index (χ2v) is 4.43. The number of benzene rings is 1. The summed E-state index contributed by atoms with van der Waals surface area (Å²) in [5.41, 5.74) is 4.05. The van der Waals surface area contributed by atoms with Crippen LogP contribution in [0.4, 0.5) is 0 Å². The molecule has 4 nitrogen and oxygen atoms in total. The van der Waals surface area contributed by atoms with E-state index >= 15 is 0 Å². The van der Waals surface area contributed by atoms with Gasteiger partial charge in [-0.15, -0.1) is 0 Å². The van der Waals surface area contributed by atoms with Gasteiger partial charge in [0, 0.05) is 18.0 Å². The van der Waals surface area contributed by atoms with Gasteiger partial charge >= 0.3 is 5.97 Å². The Labute approximate surface area is 110 Å². The molecule has 2 heterocycles. The van der Waals surface area contributed by atoms with Gasteiger partial charge < -0.3 is 9.51 Å². The molecule has 0 saturated heterocycles. The largest absolute Gasteiger partial charge is 0.478 e. The van der Waals surface area contributed by atoms with Crippen molar-refractivity contribution in [3.8, 4) is 11.3 Å². The lowest BCUT2D eigenvalue weighted by atomic mass is 10.1. The molecule has 0 spiro atoms. The van der Waals surface area contributed by atoms with Gasteiger partial charge in [-0.25, -0.2) is 9.78 Å². The maximum atomic E-state index is 10.8. The third-order valence-electron chi connectivity index (χ3n) is 3.11. The zero-order valence-corrected chi connectivity index (χ0v) is 10.4. The SMILES string of the molecule is Cc1cccn2cc(-c3ccc(C(=O)O)cc3)nc12. The molecular weight excluding hydrogens is 240 g/mol. The van der Waals surface area contributed by atoms with E-state index in [-0.39, 0.29) is 5.56 Å². The predicted molar refractivity (Wildman–Crippen MR) is 72.3 cm³/mol. The number of carbonyl (C=O) groups is 1. The lowest BCUT2D eigenvalue weighted by Crippen LogP contribution is -1.94. The smallest absolute Gasteiger partial charge is 0.335 e. The molecule has 0 bridgehead atoms. The van der Waals surface area contributed by atoms with Gasteiger partial charge in [-0.2, -0.15) is 0 Å². The number of rotatable bonds is 2.